The fraction of sp³-hybridized carbons (Fsp3) is 0.809. The van der Waals surface area contributed by atoms with Crippen LogP contribution >= 0.6 is 0 Å². The molecular weight excluding hydrogens is 881 g/mol. The molecule has 0 bridgehead atoms. The van der Waals surface area contributed by atoms with E-state index in [4.69, 9.17) is 21.9 Å². The monoisotopic (exact) mass is 967 g/mol. The Labute approximate surface area is 403 Å². The van der Waals surface area contributed by atoms with E-state index in [9.17, 15) is 48.6 Å². The van der Waals surface area contributed by atoms with Crippen LogP contribution in [0.3, 0.4) is 0 Å². The van der Waals surface area contributed by atoms with E-state index in [0.29, 0.717) is 25.8 Å². The van der Waals surface area contributed by atoms with E-state index in [1.54, 1.807) is 27.7 Å². The number of primary amides is 1. The molecule has 1 saturated heterocycles. The third-order valence-electron chi connectivity index (χ3n) is 12.0. The first-order valence-electron chi connectivity index (χ1n) is 24.8. The first-order chi connectivity index (χ1) is 32.1. The van der Waals surface area contributed by atoms with Crippen molar-refractivity contribution in [2.45, 2.75) is 225 Å². The Bertz CT molecular complexity index is 1630. The number of amides is 7. The molecular formula is C47H86N10O11. The number of carbonyl (C=O) groups is 8. The summed E-state index contributed by atoms with van der Waals surface area (Å²) in [5, 5.41) is 36.3. The molecule has 68 heavy (non-hydrogen) atoms. The summed E-state index contributed by atoms with van der Waals surface area (Å²) < 4.78 is 5.57. The molecule has 10 atom stereocenters. The number of hydrogen-bond donors (Lipinski definition) is 11. The van der Waals surface area contributed by atoms with Gasteiger partial charge < -0.3 is 64.1 Å². The van der Waals surface area contributed by atoms with Gasteiger partial charge >= 0.3 is 5.97 Å². The summed E-state index contributed by atoms with van der Waals surface area (Å²) in [6.07, 6.45) is 11.2. The summed E-state index contributed by atoms with van der Waals surface area (Å²) in [6.45, 7) is 11.5. The molecule has 1 unspecified atom stereocenters. The summed E-state index contributed by atoms with van der Waals surface area (Å²) in [6, 6.07) is -8.93. The number of aliphatic hydroxyl groups is 2. The van der Waals surface area contributed by atoms with E-state index < -0.39 is 114 Å². The molecule has 0 spiro atoms. The van der Waals surface area contributed by atoms with Crippen molar-refractivity contribution in [3.8, 4) is 0 Å². The highest BCUT2D eigenvalue weighted by Crippen LogP contribution is 2.16. The normalized spacial score (nSPS) is 23.8. The largest absolute Gasteiger partial charge is 0.458 e. The lowest BCUT2D eigenvalue weighted by Gasteiger charge is -2.30. The third-order valence-corrected chi connectivity index (χ3v) is 12.0. The Morgan fingerprint density at radius 3 is 1.65 bits per heavy atom. The maximum absolute atomic E-state index is 14.1. The van der Waals surface area contributed by atoms with Crippen LogP contribution in [-0.2, 0) is 43.1 Å². The van der Waals surface area contributed by atoms with E-state index in [0.717, 1.165) is 38.5 Å². The van der Waals surface area contributed by atoms with Crippen LogP contribution in [0.25, 0.3) is 0 Å². The van der Waals surface area contributed by atoms with E-state index in [1.165, 1.54) is 65.7 Å². The lowest BCUT2D eigenvalue weighted by atomic mass is 9.96. The SMILES string of the molecule is CC[C@H](C)[C@@H]1NC(=O)[C@@H](CC(C)C)NC(=O)[C@@H](NC(=O)CC(O)CCCCCCCCCCCCCCCCN=C(N)N)[C@@H](C)OC(=O)[C@@H](C)NC(=O)[C@@H](CC(N)=O)NC(=O)[C@@H]([C@@H](C)O)NC1=O. The maximum Gasteiger partial charge on any atom is 0.328 e. The second-order valence-electron chi connectivity index (χ2n) is 18.8. The fourth-order valence-corrected chi connectivity index (χ4v) is 7.73. The topological polar surface area (TPSA) is 349 Å². The van der Waals surface area contributed by atoms with E-state index in [-0.39, 0.29) is 24.7 Å². The predicted octanol–water partition coefficient (Wildman–Crippen LogP) is 1.08. The smallest absolute Gasteiger partial charge is 0.328 e. The molecule has 1 aliphatic heterocycles. The molecule has 0 aromatic heterocycles. The molecule has 0 aliphatic carbocycles. The van der Waals surface area contributed by atoms with Gasteiger partial charge in [0.1, 0.15) is 42.4 Å². The van der Waals surface area contributed by atoms with Gasteiger partial charge in [0.15, 0.2) is 5.96 Å². The summed E-state index contributed by atoms with van der Waals surface area (Å²) in [4.78, 5) is 111. The molecule has 0 aromatic carbocycles. The number of aliphatic imine (C=N–C) groups is 1. The van der Waals surface area contributed by atoms with Gasteiger partial charge in [-0.1, -0.05) is 118 Å². The summed E-state index contributed by atoms with van der Waals surface area (Å²) >= 11 is 0. The van der Waals surface area contributed by atoms with Crippen LogP contribution in [0.1, 0.15) is 170 Å². The van der Waals surface area contributed by atoms with Gasteiger partial charge in [0, 0.05) is 6.54 Å². The van der Waals surface area contributed by atoms with Gasteiger partial charge in [0.25, 0.3) is 0 Å². The Kier molecular flexibility index (Phi) is 30.0. The number of aliphatic hydroxyl groups excluding tert-OH is 2. The van der Waals surface area contributed by atoms with Gasteiger partial charge in [-0.15, -0.1) is 0 Å². The molecule has 14 N–H and O–H groups in total. The molecule has 7 amide bonds. The van der Waals surface area contributed by atoms with Crippen LogP contribution < -0.4 is 49.1 Å². The Morgan fingerprint density at radius 2 is 1.15 bits per heavy atom. The molecule has 1 aliphatic rings. The van der Waals surface area contributed by atoms with Crippen LogP contribution in [0, 0.1) is 11.8 Å². The molecule has 1 rings (SSSR count). The van der Waals surface area contributed by atoms with Crippen LogP contribution in [0.4, 0.5) is 0 Å². The molecule has 0 saturated carbocycles. The average Bonchev–Trinajstić information content (AvgIpc) is 3.25. The standard InChI is InChI=1S/C47H86N10O11/c1-8-29(4)38-43(64)57-39(31(6)58)44(65)54-35(27-36(48)60)41(62)52-30(5)46(67)68-32(7)40(45(66)53-34(25-28(2)3)42(63)56-38)55-37(61)26-33(59)23-21-19-17-15-13-11-9-10-12-14-16-18-20-22-24-51-47(49)50/h28-35,38-40,58-59H,8-27H2,1-7H3,(H2,48,60)(H,52,62)(H,53,66)(H,54,65)(H,55,61)(H,56,63)(H,57,64)(H4,49,50,51)/t29-,30+,31+,32+,33?,34+,35+,38-,39+,40-/m0/s1. The minimum absolute atomic E-state index is 0.0775. The third kappa shape index (κ3) is 25.4. The van der Waals surface area contributed by atoms with Crippen molar-refractivity contribution in [3.63, 3.8) is 0 Å². The van der Waals surface area contributed by atoms with Crippen molar-refractivity contribution < 1.29 is 53.3 Å². The van der Waals surface area contributed by atoms with Crippen molar-refractivity contribution in [1.29, 1.82) is 0 Å². The zero-order valence-corrected chi connectivity index (χ0v) is 41.7. The minimum Gasteiger partial charge on any atom is -0.458 e. The zero-order valence-electron chi connectivity index (χ0n) is 41.7. The van der Waals surface area contributed by atoms with Gasteiger partial charge in [-0.3, -0.25) is 38.6 Å². The van der Waals surface area contributed by atoms with E-state index >= 15 is 0 Å². The molecule has 0 radical (unpaired) electrons. The molecule has 390 valence electrons. The molecule has 21 heteroatoms. The van der Waals surface area contributed by atoms with Crippen molar-refractivity contribution >= 4 is 53.3 Å². The molecule has 1 heterocycles. The van der Waals surface area contributed by atoms with Crippen LogP contribution in [0.15, 0.2) is 4.99 Å². The number of nitrogens with two attached hydrogens (primary N) is 3. The van der Waals surface area contributed by atoms with Crippen molar-refractivity contribution in [3.05, 3.63) is 0 Å². The maximum atomic E-state index is 14.1. The number of carbonyl (C=O) groups excluding carboxylic acids is 8. The van der Waals surface area contributed by atoms with Gasteiger partial charge in [0.05, 0.1) is 25.0 Å². The first-order valence-corrected chi connectivity index (χ1v) is 24.8. The van der Waals surface area contributed by atoms with Gasteiger partial charge in [0.2, 0.25) is 41.4 Å². The second-order valence-corrected chi connectivity index (χ2v) is 18.8. The number of esters is 1. The van der Waals surface area contributed by atoms with Crippen molar-refractivity contribution in [2.24, 2.45) is 34.0 Å². The van der Waals surface area contributed by atoms with Crippen LogP contribution in [-0.4, -0.2) is 125 Å². The molecule has 1 fully saturated rings. The number of hydrogen-bond acceptors (Lipinski definition) is 12. The lowest BCUT2D eigenvalue weighted by molar-refractivity contribution is -0.155. The van der Waals surface area contributed by atoms with Crippen molar-refractivity contribution in [2.75, 3.05) is 6.54 Å². The Balaban J connectivity index is 3.08. The number of rotatable bonds is 27. The quantitative estimate of drug-likeness (QED) is 0.0238. The van der Waals surface area contributed by atoms with Gasteiger partial charge in [-0.2, -0.15) is 0 Å². The number of ether oxygens (including phenoxy) is 1. The lowest BCUT2D eigenvalue weighted by Crippen LogP contribution is -2.62. The highest BCUT2D eigenvalue weighted by atomic mass is 16.5. The number of nitrogens with zero attached hydrogens (tertiary/aromatic N) is 1. The van der Waals surface area contributed by atoms with E-state index in [1.807, 2.05) is 0 Å². The number of guanidine groups is 1. The van der Waals surface area contributed by atoms with E-state index in [2.05, 4.69) is 36.9 Å². The van der Waals surface area contributed by atoms with Crippen molar-refractivity contribution in [1.82, 2.24) is 31.9 Å². The summed E-state index contributed by atoms with van der Waals surface area (Å²) in [5.74, 6) is -8.00. The second kappa shape index (κ2) is 33.4. The molecule has 0 aromatic rings. The zero-order chi connectivity index (χ0) is 51.3. The minimum atomic E-state index is -1.68. The van der Waals surface area contributed by atoms with Gasteiger partial charge in [-0.25, -0.2) is 4.79 Å². The summed E-state index contributed by atoms with van der Waals surface area (Å²) in [7, 11) is 0. The fourth-order valence-electron chi connectivity index (χ4n) is 7.73. The molecule has 21 nitrogen and oxygen atoms in total. The number of nitrogens with one attached hydrogen (secondary N) is 6. The average molecular weight is 967 g/mol. The highest BCUT2D eigenvalue weighted by Gasteiger charge is 2.38. The summed E-state index contributed by atoms with van der Waals surface area (Å²) in [5.41, 5.74) is 16.1. The van der Waals surface area contributed by atoms with Gasteiger partial charge in [-0.05, 0) is 51.9 Å². The Hall–Kier alpha value is -5.05. The van der Waals surface area contributed by atoms with Crippen LogP contribution in [0.2, 0.25) is 0 Å². The highest BCUT2D eigenvalue weighted by molar-refractivity contribution is 5.98. The number of cyclic esters (lactones) is 1. The first kappa shape index (κ1) is 61.0. The predicted molar refractivity (Wildman–Crippen MR) is 258 cm³/mol. The Morgan fingerprint density at radius 1 is 0.662 bits per heavy atom. The van der Waals surface area contributed by atoms with Crippen LogP contribution in [0.5, 0.6) is 0 Å². The number of unbranched alkanes of at least 4 members (excludes halogenated alkanes) is 13.